The van der Waals surface area contributed by atoms with Gasteiger partial charge in [-0.3, -0.25) is 0 Å². The lowest BCUT2D eigenvalue weighted by Gasteiger charge is -2.38. The summed E-state index contributed by atoms with van der Waals surface area (Å²) in [5.74, 6) is 0.709. The van der Waals surface area contributed by atoms with Crippen molar-refractivity contribution in [3.05, 3.63) is 59.4 Å². The molecule has 2 fully saturated rings. The first-order chi connectivity index (χ1) is 16.8. The van der Waals surface area contributed by atoms with Gasteiger partial charge in [-0.1, -0.05) is 55.7 Å². The number of hydrogen-bond acceptors (Lipinski definition) is 4. The van der Waals surface area contributed by atoms with Crippen molar-refractivity contribution in [2.75, 3.05) is 0 Å². The molecule has 0 heterocycles. The van der Waals surface area contributed by atoms with Gasteiger partial charge in [-0.15, -0.1) is 6.58 Å². The van der Waals surface area contributed by atoms with Crippen molar-refractivity contribution in [2.24, 2.45) is 0 Å². The smallest absolute Gasteiger partial charge is 0.334 e. The number of carbonyl (C=O) groups excluding carboxylic acids is 2. The molecule has 2 aliphatic rings. The van der Waals surface area contributed by atoms with E-state index in [4.69, 9.17) is 9.47 Å². The zero-order valence-electron chi connectivity index (χ0n) is 22.5. The highest BCUT2D eigenvalue weighted by molar-refractivity contribution is 5.88. The van der Waals surface area contributed by atoms with Crippen LogP contribution in [0.25, 0.3) is 0 Å². The Morgan fingerprint density at radius 1 is 0.829 bits per heavy atom. The van der Waals surface area contributed by atoms with Crippen molar-refractivity contribution >= 4 is 12.3 Å². The standard InChI is InChI=1S/C31H46O4/c1-6-18-30(19-10-8-11-20-30)34-28(7-2)26(4)16-14-25(3)15-17-27(5)29(33)35-31(23-24-32)21-12-9-13-22-31/h6,14-17,24H,1,7-13,18-23H2,2-5H3/b16-14+,25-15+,27-17+,28-26+. The van der Waals surface area contributed by atoms with E-state index in [1.807, 2.05) is 19.1 Å². The highest BCUT2D eigenvalue weighted by Gasteiger charge is 2.36. The van der Waals surface area contributed by atoms with Crippen LogP contribution >= 0.6 is 0 Å². The van der Waals surface area contributed by atoms with Gasteiger partial charge in [0, 0.05) is 24.8 Å². The van der Waals surface area contributed by atoms with Crippen LogP contribution in [0.5, 0.6) is 0 Å². The highest BCUT2D eigenvalue weighted by Crippen LogP contribution is 2.38. The summed E-state index contributed by atoms with van der Waals surface area (Å²) in [6.45, 7) is 12.0. The molecule has 2 aliphatic carbocycles. The second kappa shape index (κ2) is 14.3. The molecule has 0 atom stereocenters. The first-order valence-electron chi connectivity index (χ1n) is 13.5. The summed E-state index contributed by atoms with van der Waals surface area (Å²) in [5, 5.41) is 0. The van der Waals surface area contributed by atoms with E-state index < -0.39 is 5.60 Å². The average molecular weight is 483 g/mol. The fourth-order valence-electron chi connectivity index (χ4n) is 5.20. The molecule has 0 bridgehead atoms. The molecule has 0 unspecified atom stereocenters. The van der Waals surface area contributed by atoms with Crippen molar-refractivity contribution < 1.29 is 19.1 Å². The first kappa shape index (κ1) is 28.9. The molecule has 4 heteroatoms. The average Bonchev–Trinajstić information content (AvgIpc) is 2.85. The largest absolute Gasteiger partial charge is 0.491 e. The minimum absolute atomic E-state index is 0.106. The predicted octanol–water partition coefficient (Wildman–Crippen LogP) is 8.25. The fraction of sp³-hybridized carbons (Fsp3) is 0.613. The van der Waals surface area contributed by atoms with Gasteiger partial charge in [0.25, 0.3) is 0 Å². The van der Waals surface area contributed by atoms with Crippen LogP contribution in [0.15, 0.2) is 59.4 Å². The van der Waals surface area contributed by atoms with Crippen molar-refractivity contribution in [2.45, 2.75) is 122 Å². The minimum Gasteiger partial charge on any atom is -0.491 e. The third-order valence-electron chi connectivity index (χ3n) is 7.43. The summed E-state index contributed by atoms with van der Waals surface area (Å²) in [7, 11) is 0. The van der Waals surface area contributed by atoms with Gasteiger partial charge in [0.05, 0.1) is 5.76 Å². The van der Waals surface area contributed by atoms with Crippen molar-refractivity contribution in [3.63, 3.8) is 0 Å². The number of hydrogen-bond donors (Lipinski definition) is 0. The third kappa shape index (κ3) is 8.98. The van der Waals surface area contributed by atoms with Crippen molar-refractivity contribution in [1.29, 1.82) is 0 Å². The molecule has 35 heavy (non-hydrogen) atoms. The zero-order chi connectivity index (χ0) is 25.7. The predicted molar refractivity (Wildman–Crippen MR) is 144 cm³/mol. The van der Waals surface area contributed by atoms with E-state index in [2.05, 4.69) is 32.6 Å². The SMILES string of the molecule is C=CCC1(O/C(CC)=C(C)/C=C/C(C)=C/C=C(\C)C(=O)OC2(CC=O)CCCCC2)CCCCC1. The first-order valence-corrected chi connectivity index (χ1v) is 13.5. The maximum atomic E-state index is 12.7. The molecular weight excluding hydrogens is 436 g/mol. The van der Waals surface area contributed by atoms with E-state index >= 15 is 0 Å². The maximum Gasteiger partial charge on any atom is 0.334 e. The van der Waals surface area contributed by atoms with Crippen LogP contribution < -0.4 is 0 Å². The maximum absolute atomic E-state index is 12.7. The second-order valence-corrected chi connectivity index (χ2v) is 10.4. The molecule has 0 saturated heterocycles. The van der Waals surface area contributed by atoms with E-state index in [9.17, 15) is 9.59 Å². The molecule has 2 saturated carbocycles. The number of allylic oxidation sites excluding steroid dienone is 7. The molecule has 2 rings (SSSR count). The Labute approximate surface area is 213 Å². The van der Waals surface area contributed by atoms with Gasteiger partial charge in [0.1, 0.15) is 17.5 Å². The van der Waals surface area contributed by atoms with Gasteiger partial charge >= 0.3 is 5.97 Å². The van der Waals surface area contributed by atoms with E-state index in [0.29, 0.717) is 5.57 Å². The van der Waals surface area contributed by atoms with Gasteiger partial charge < -0.3 is 14.3 Å². The molecular formula is C31H46O4. The van der Waals surface area contributed by atoms with Gasteiger partial charge in [0.15, 0.2) is 0 Å². The van der Waals surface area contributed by atoms with Gasteiger partial charge in [-0.05, 0) is 77.7 Å². The lowest BCUT2D eigenvalue weighted by Crippen LogP contribution is -2.38. The lowest BCUT2D eigenvalue weighted by atomic mass is 9.82. The Kier molecular flexibility index (Phi) is 11.8. The van der Waals surface area contributed by atoms with Gasteiger partial charge in [0.2, 0.25) is 0 Å². The number of ether oxygens (including phenoxy) is 2. The molecule has 4 nitrogen and oxygen atoms in total. The van der Waals surface area contributed by atoms with Crippen LogP contribution in [-0.4, -0.2) is 23.5 Å². The van der Waals surface area contributed by atoms with Crippen LogP contribution in [0.1, 0.15) is 111 Å². The number of aldehydes is 1. The Bertz CT molecular complexity index is 843. The Balaban J connectivity index is 2.06. The summed E-state index contributed by atoms with van der Waals surface area (Å²) < 4.78 is 12.5. The van der Waals surface area contributed by atoms with Gasteiger partial charge in [-0.25, -0.2) is 4.79 Å². The number of rotatable bonds is 12. The summed E-state index contributed by atoms with van der Waals surface area (Å²) in [4.78, 5) is 23.8. The molecule has 0 amide bonds. The quantitative estimate of drug-likeness (QED) is 0.0701. The van der Waals surface area contributed by atoms with Crippen molar-refractivity contribution in [3.8, 4) is 0 Å². The summed E-state index contributed by atoms with van der Waals surface area (Å²) >= 11 is 0. The second-order valence-electron chi connectivity index (χ2n) is 10.4. The lowest BCUT2D eigenvalue weighted by molar-refractivity contribution is -0.159. The molecule has 0 radical (unpaired) electrons. The molecule has 0 N–H and O–H groups in total. The van der Waals surface area contributed by atoms with Crippen LogP contribution in [0.2, 0.25) is 0 Å². The molecule has 0 aliphatic heterocycles. The summed E-state index contributed by atoms with van der Waals surface area (Å²) in [6, 6.07) is 0. The Hall–Kier alpha value is -2.36. The molecule has 0 aromatic carbocycles. The van der Waals surface area contributed by atoms with Crippen LogP contribution in [0.3, 0.4) is 0 Å². The minimum atomic E-state index is -0.620. The van der Waals surface area contributed by atoms with Crippen LogP contribution in [-0.2, 0) is 19.1 Å². The molecule has 0 aromatic heterocycles. The van der Waals surface area contributed by atoms with Crippen LogP contribution in [0, 0.1) is 0 Å². The van der Waals surface area contributed by atoms with E-state index in [-0.39, 0.29) is 18.0 Å². The van der Waals surface area contributed by atoms with E-state index in [1.165, 1.54) is 19.3 Å². The molecule has 0 spiro atoms. The number of carbonyl (C=O) groups is 2. The van der Waals surface area contributed by atoms with E-state index in [0.717, 1.165) is 81.0 Å². The fourth-order valence-corrected chi connectivity index (χ4v) is 5.20. The topological polar surface area (TPSA) is 52.6 Å². The molecule has 194 valence electrons. The normalized spacial score (nSPS) is 21.3. The number of esters is 1. The van der Waals surface area contributed by atoms with Gasteiger partial charge in [-0.2, -0.15) is 0 Å². The van der Waals surface area contributed by atoms with Crippen LogP contribution in [0.4, 0.5) is 0 Å². The van der Waals surface area contributed by atoms with E-state index in [1.54, 1.807) is 13.0 Å². The summed E-state index contributed by atoms with van der Waals surface area (Å²) in [5.41, 5.74) is 1.98. The highest BCUT2D eigenvalue weighted by atomic mass is 16.6. The Morgan fingerprint density at radius 3 is 1.91 bits per heavy atom. The monoisotopic (exact) mass is 482 g/mol. The molecule has 0 aromatic rings. The third-order valence-corrected chi connectivity index (χ3v) is 7.43. The summed E-state index contributed by atoms with van der Waals surface area (Å²) in [6.07, 6.45) is 23.3. The zero-order valence-corrected chi connectivity index (χ0v) is 22.5. The Morgan fingerprint density at radius 2 is 1.40 bits per heavy atom. The van der Waals surface area contributed by atoms with Crippen molar-refractivity contribution in [1.82, 2.24) is 0 Å².